The van der Waals surface area contributed by atoms with Crippen LogP contribution in [-0.4, -0.2) is 11.4 Å². The average Bonchev–Trinajstić information content (AvgIpc) is 2.44. The van der Waals surface area contributed by atoms with E-state index < -0.39 is 0 Å². The van der Waals surface area contributed by atoms with Crippen LogP contribution in [-0.2, 0) is 0 Å². The predicted molar refractivity (Wildman–Crippen MR) is 87.9 cm³/mol. The van der Waals surface area contributed by atoms with Crippen molar-refractivity contribution in [1.29, 1.82) is 0 Å². The van der Waals surface area contributed by atoms with Crippen molar-refractivity contribution in [2.45, 2.75) is 52.9 Å². The van der Waals surface area contributed by atoms with Crippen LogP contribution in [0.2, 0.25) is 0 Å². The normalized spacial score (nSPS) is 13.6. The molecule has 0 aromatic carbocycles. The molecule has 0 bridgehead atoms. The Labute approximate surface area is 120 Å². The van der Waals surface area contributed by atoms with Gasteiger partial charge in [-0.05, 0) is 64.3 Å². The zero-order valence-corrected chi connectivity index (χ0v) is 13.0. The summed E-state index contributed by atoms with van der Waals surface area (Å²) in [5, 5.41) is 0. The third-order valence-corrected chi connectivity index (χ3v) is 3.20. The van der Waals surface area contributed by atoms with E-state index in [9.17, 15) is 0 Å². The van der Waals surface area contributed by atoms with Crippen LogP contribution in [0.3, 0.4) is 0 Å². The Morgan fingerprint density at radius 2 is 1.74 bits per heavy atom. The summed E-state index contributed by atoms with van der Waals surface area (Å²) in [6.45, 7) is 11.2. The summed E-state index contributed by atoms with van der Waals surface area (Å²) in [7, 11) is 0. The summed E-state index contributed by atoms with van der Waals surface area (Å²) in [5.41, 5.74) is 0. The predicted octanol–water partition coefficient (Wildman–Crippen LogP) is 5.68. The molecule has 0 fully saturated rings. The fraction of sp³-hybridized carbons (Fsp3) is 0.556. The minimum Gasteiger partial charge on any atom is -0.355 e. The highest BCUT2D eigenvalue weighted by atomic mass is 15.1. The molecule has 0 aromatic rings. The minimum absolute atomic E-state index is 0.659. The van der Waals surface area contributed by atoms with Crippen molar-refractivity contribution in [3.8, 4) is 0 Å². The van der Waals surface area contributed by atoms with Crippen LogP contribution < -0.4 is 0 Å². The molecular formula is C18H31N. The van der Waals surface area contributed by atoms with E-state index in [1.54, 1.807) is 0 Å². The standard InChI is InChI=1S/C18H31N/c1-5-9-11-13-15-18(14-12-10-6-2)16-17-19(7-3)8-4/h6-7,9-11,16-18H,3,5,8,12-15H2,1-2,4H3/b10-6+,11-9-,17-16+. The van der Waals surface area contributed by atoms with Crippen molar-refractivity contribution >= 4 is 0 Å². The van der Waals surface area contributed by atoms with E-state index in [0.29, 0.717) is 5.92 Å². The summed E-state index contributed by atoms with van der Waals surface area (Å²) in [6, 6.07) is 0. The monoisotopic (exact) mass is 261 g/mol. The first-order valence-electron chi connectivity index (χ1n) is 7.61. The van der Waals surface area contributed by atoms with Crippen molar-refractivity contribution in [2.75, 3.05) is 6.54 Å². The lowest BCUT2D eigenvalue weighted by Crippen LogP contribution is -2.08. The highest BCUT2D eigenvalue weighted by Gasteiger charge is 2.03. The molecule has 1 unspecified atom stereocenters. The van der Waals surface area contributed by atoms with E-state index in [-0.39, 0.29) is 0 Å². The molecule has 0 saturated heterocycles. The lowest BCUT2D eigenvalue weighted by Gasteiger charge is -2.15. The summed E-state index contributed by atoms with van der Waals surface area (Å²) < 4.78 is 0. The lowest BCUT2D eigenvalue weighted by molar-refractivity contribution is 0.509. The van der Waals surface area contributed by atoms with E-state index in [1.807, 2.05) is 6.20 Å². The van der Waals surface area contributed by atoms with E-state index in [0.717, 1.165) is 13.0 Å². The Bertz CT molecular complexity index is 286. The van der Waals surface area contributed by atoms with Crippen molar-refractivity contribution < 1.29 is 0 Å². The second-order valence-electron chi connectivity index (χ2n) is 4.72. The molecule has 0 aliphatic carbocycles. The molecule has 0 rings (SSSR count). The van der Waals surface area contributed by atoms with E-state index in [1.165, 1.54) is 25.7 Å². The topological polar surface area (TPSA) is 3.24 Å². The number of nitrogens with zero attached hydrogens (tertiary/aromatic N) is 1. The fourth-order valence-corrected chi connectivity index (χ4v) is 1.94. The maximum Gasteiger partial charge on any atom is 0.0190 e. The number of hydrogen-bond donors (Lipinski definition) is 0. The molecule has 0 radical (unpaired) electrons. The van der Waals surface area contributed by atoms with Crippen LogP contribution in [0.25, 0.3) is 0 Å². The van der Waals surface area contributed by atoms with Crippen LogP contribution in [0.15, 0.2) is 49.4 Å². The molecule has 0 saturated carbocycles. The first-order valence-corrected chi connectivity index (χ1v) is 7.61. The highest BCUT2D eigenvalue weighted by Crippen LogP contribution is 2.17. The molecule has 1 nitrogen and oxygen atoms in total. The van der Waals surface area contributed by atoms with E-state index in [4.69, 9.17) is 0 Å². The second-order valence-corrected chi connectivity index (χ2v) is 4.72. The Balaban J connectivity index is 4.30. The summed E-state index contributed by atoms with van der Waals surface area (Å²) in [5.74, 6) is 0.659. The van der Waals surface area contributed by atoms with Crippen molar-refractivity contribution in [3.63, 3.8) is 0 Å². The number of hydrogen-bond acceptors (Lipinski definition) is 1. The van der Waals surface area contributed by atoms with Crippen molar-refractivity contribution in [3.05, 3.63) is 49.4 Å². The van der Waals surface area contributed by atoms with Gasteiger partial charge in [0.15, 0.2) is 0 Å². The third kappa shape index (κ3) is 10.4. The Morgan fingerprint density at radius 1 is 1.05 bits per heavy atom. The molecule has 0 amide bonds. The van der Waals surface area contributed by atoms with Gasteiger partial charge in [0.25, 0.3) is 0 Å². The highest BCUT2D eigenvalue weighted by molar-refractivity contribution is 4.94. The molecule has 19 heavy (non-hydrogen) atoms. The molecule has 0 spiro atoms. The zero-order chi connectivity index (χ0) is 14.3. The molecule has 0 aromatic heterocycles. The van der Waals surface area contributed by atoms with Gasteiger partial charge in [0.1, 0.15) is 0 Å². The molecular weight excluding hydrogens is 230 g/mol. The van der Waals surface area contributed by atoms with Crippen molar-refractivity contribution in [2.24, 2.45) is 5.92 Å². The minimum atomic E-state index is 0.659. The van der Waals surface area contributed by atoms with Crippen LogP contribution >= 0.6 is 0 Å². The van der Waals surface area contributed by atoms with Gasteiger partial charge < -0.3 is 4.90 Å². The fourth-order valence-electron chi connectivity index (χ4n) is 1.94. The largest absolute Gasteiger partial charge is 0.355 e. The summed E-state index contributed by atoms with van der Waals surface area (Å²) in [6.07, 6.45) is 21.3. The number of rotatable bonds is 11. The van der Waals surface area contributed by atoms with Gasteiger partial charge >= 0.3 is 0 Å². The van der Waals surface area contributed by atoms with Gasteiger partial charge in [-0.1, -0.05) is 43.9 Å². The van der Waals surface area contributed by atoms with E-state index in [2.05, 4.69) is 68.8 Å². The SMILES string of the molecule is C=CN(/C=C/C(CC/C=C\CC)CC/C=C/C)CC. The molecule has 0 N–H and O–H groups in total. The van der Waals surface area contributed by atoms with E-state index >= 15 is 0 Å². The summed E-state index contributed by atoms with van der Waals surface area (Å²) >= 11 is 0. The molecule has 0 heterocycles. The quantitative estimate of drug-likeness (QED) is 0.432. The van der Waals surface area contributed by atoms with Gasteiger partial charge in [0.2, 0.25) is 0 Å². The lowest BCUT2D eigenvalue weighted by atomic mass is 9.97. The Morgan fingerprint density at radius 3 is 2.26 bits per heavy atom. The van der Waals surface area contributed by atoms with Crippen molar-refractivity contribution in [1.82, 2.24) is 4.90 Å². The first kappa shape index (κ1) is 17.8. The van der Waals surface area contributed by atoms with Crippen LogP contribution in [0.1, 0.15) is 52.9 Å². The Hall–Kier alpha value is -1.24. The number of allylic oxidation sites excluding steroid dienone is 5. The molecule has 0 aliphatic rings. The molecule has 108 valence electrons. The van der Waals surface area contributed by atoms with Gasteiger partial charge in [0, 0.05) is 6.54 Å². The molecule has 1 atom stereocenters. The molecule has 1 heteroatoms. The maximum absolute atomic E-state index is 3.82. The van der Waals surface area contributed by atoms with Crippen LogP contribution in [0, 0.1) is 5.92 Å². The third-order valence-electron chi connectivity index (χ3n) is 3.20. The van der Waals surface area contributed by atoms with Gasteiger partial charge in [-0.25, -0.2) is 0 Å². The van der Waals surface area contributed by atoms with Gasteiger partial charge in [-0.15, -0.1) is 0 Å². The summed E-state index contributed by atoms with van der Waals surface area (Å²) in [4.78, 5) is 2.13. The Kier molecular flexibility index (Phi) is 12.3. The van der Waals surface area contributed by atoms with Crippen LogP contribution in [0.5, 0.6) is 0 Å². The zero-order valence-electron chi connectivity index (χ0n) is 13.0. The van der Waals surface area contributed by atoms with Gasteiger partial charge in [-0.3, -0.25) is 0 Å². The van der Waals surface area contributed by atoms with Crippen LogP contribution in [0.4, 0.5) is 0 Å². The second kappa shape index (κ2) is 13.2. The average molecular weight is 261 g/mol. The molecule has 0 aliphatic heterocycles. The van der Waals surface area contributed by atoms with Gasteiger partial charge in [-0.2, -0.15) is 0 Å². The maximum atomic E-state index is 3.82. The first-order chi connectivity index (χ1) is 9.28. The smallest absolute Gasteiger partial charge is 0.0190 e. The van der Waals surface area contributed by atoms with Gasteiger partial charge in [0.05, 0.1) is 0 Å².